The first-order valence-electron chi connectivity index (χ1n) is 4.81. The van der Waals surface area contributed by atoms with E-state index < -0.39 is 6.10 Å². The molecule has 0 fully saturated rings. The van der Waals surface area contributed by atoms with E-state index in [0.29, 0.717) is 21.3 Å². The maximum absolute atomic E-state index is 10.3. The van der Waals surface area contributed by atoms with E-state index in [9.17, 15) is 5.11 Å². The summed E-state index contributed by atoms with van der Waals surface area (Å²) in [5, 5.41) is 15.2. The minimum Gasteiger partial charge on any atom is -0.382 e. The van der Waals surface area contributed by atoms with Gasteiger partial charge in [-0.2, -0.15) is 5.10 Å². The van der Waals surface area contributed by atoms with Gasteiger partial charge in [-0.3, -0.25) is 4.68 Å². The highest BCUT2D eigenvalue weighted by Gasteiger charge is 2.18. The highest BCUT2D eigenvalue weighted by atomic mass is 79.9. The van der Waals surface area contributed by atoms with Gasteiger partial charge in [0.25, 0.3) is 0 Å². The third-order valence-corrected chi connectivity index (χ3v) is 3.81. The van der Waals surface area contributed by atoms with E-state index in [2.05, 4.69) is 21.0 Å². The molecule has 0 radical (unpaired) electrons. The van der Waals surface area contributed by atoms with Crippen molar-refractivity contribution in [1.29, 1.82) is 0 Å². The molecule has 0 saturated carbocycles. The second-order valence-corrected chi connectivity index (χ2v) is 5.25. The first-order chi connectivity index (χ1) is 8.00. The second-order valence-electron chi connectivity index (χ2n) is 3.58. The molecule has 0 spiro atoms. The van der Waals surface area contributed by atoms with E-state index in [-0.39, 0.29) is 0 Å². The minimum atomic E-state index is -0.799. The zero-order valence-corrected chi connectivity index (χ0v) is 12.0. The molecule has 0 amide bonds. The average molecular weight is 336 g/mol. The molecule has 0 aliphatic carbocycles. The number of rotatable bonds is 2. The summed E-state index contributed by atoms with van der Waals surface area (Å²) >= 11 is 15.1. The van der Waals surface area contributed by atoms with Crippen LogP contribution in [0.1, 0.15) is 17.4 Å². The molecule has 2 rings (SSSR count). The Kier molecular flexibility index (Phi) is 3.78. The summed E-state index contributed by atoms with van der Waals surface area (Å²) in [6.07, 6.45) is 0.836. The molecule has 90 valence electrons. The Morgan fingerprint density at radius 2 is 2.06 bits per heavy atom. The lowest BCUT2D eigenvalue weighted by atomic mass is 10.1. The van der Waals surface area contributed by atoms with Gasteiger partial charge in [-0.05, 0) is 33.6 Å². The van der Waals surface area contributed by atoms with Gasteiger partial charge in [-0.1, -0.05) is 29.3 Å². The van der Waals surface area contributed by atoms with E-state index in [1.54, 1.807) is 36.1 Å². The molecule has 17 heavy (non-hydrogen) atoms. The molecule has 6 heteroatoms. The van der Waals surface area contributed by atoms with Gasteiger partial charge in [-0.15, -0.1) is 0 Å². The van der Waals surface area contributed by atoms with Crippen molar-refractivity contribution in [3.8, 4) is 0 Å². The standard InChI is InChI=1S/C11H9BrCl2N2O/c1-16-10(7(12)5-15-16)11(17)6-2-3-8(13)9(14)4-6/h2-5,11,17H,1H3. The maximum atomic E-state index is 10.3. The van der Waals surface area contributed by atoms with E-state index in [1.165, 1.54) is 0 Å². The fourth-order valence-corrected chi connectivity index (χ4v) is 2.44. The summed E-state index contributed by atoms with van der Waals surface area (Å²) in [5.41, 5.74) is 1.34. The van der Waals surface area contributed by atoms with Crippen molar-refractivity contribution in [3.05, 3.63) is 50.2 Å². The fraction of sp³-hybridized carbons (Fsp3) is 0.182. The van der Waals surface area contributed by atoms with Crippen molar-refractivity contribution >= 4 is 39.1 Å². The van der Waals surface area contributed by atoms with E-state index >= 15 is 0 Å². The number of halogens is 3. The monoisotopic (exact) mass is 334 g/mol. The summed E-state index contributed by atoms with van der Waals surface area (Å²) in [5.74, 6) is 0. The van der Waals surface area contributed by atoms with Crippen molar-refractivity contribution in [2.75, 3.05) is 0 Å². The van der Waals surface area contributed by atoms with Crippen molar-refractivity contribution in [3.63, 3.8) is 0 Å². The van der Waals surface area contributed by atoms with Crippen LogP contribution in [0.15, 0.2) is 28.9 Å². The number of hydrogen-bond acceptors (Lipinski definition) is 2. The highest BCUT2D eigenvalue weighted by molar-refractivity contribution is 9.10. The summed E-state index contributed by atoms with van der Waals surface area (Å²) in [6, 6.07) is 5.04. The van der Waals surface area contributed by atoms with Crippen molar-refractivity contribution in [2.45, 2.75) is 6.10 Å². The molecule has 0 aliphatic heterocycles. The number of aryl methyl sites for hydroxylation is 1. The van der Waals surface area contributed by atoms with Gasteiger partial charge >= 0.3 is 0 Å². The van der Waals surface area contributed by atoms with Crippen LogP contribution in [0.4, 0.5) is 0 Å². The van der Waals surface area contributed by atoms with E-state index in [4.69, 9.17) is 23.2 Å². The van der Waals surface area contributed by atoms with Gasteiger partial charge < -0.3 is 5.11 Å². The smallest absolute Gasteiger partial charge is 0.122 e. The molecule has 3 nitrogen and oxygen atoms in total. The normalized spacial score (nSPS) is 12.8. The van der Waals surface area contributed by atoms with Gasteiger partial charge in [0.15, 0.2) is 0 Å². The van der Waals surface area contributed by atoms with Crippen LogP contribution in [0.3, 0.4) is 0 Å². The molecule has 1 heterocycles. The molecule has 1 unspecified atom stereocenters. The first-order valence-corrected chi connectivity index (χ1v) is 6.36. The SMILES string of the molecule is Cn1ncc(Br)c1C(O)c1ccc(Cl)c(Cl)c1. The van der Waals surface area contributed by atoms with Gasteiger partial charge in [-0.25, -0.2) is 0 Å². The number of aliphatic hydroxyl groups is 1. The molecular formula is C11H9BrCl2N2O. The zero-order chi connectivity index (χ0) is 12.6. The first kappa shape index (κ1) is 12.9. The number of aliphatic hydroxyl groups excluding tert-OH is 1. The lowest BCUT2D eigenvalue weighted by Gasteiger charge is -2.13. The van der Waals surface area contributed by atoms with E-state index in [0.717, 1.165) is 4.47 Å². The highest BCUT2D eigenvalue weighted by Crippen LogP contribution is 2.31. The summed E-state index contributed by atoms with van der Waals surface area (Å²) in [7, 11) is 1.76. The third kappa shape index (κ3) is 2.50. The Labute approximate surface area is 117 Å². The fourth-order valence-electron chi connectivity index (χ4n) is 1.57. The topological polar surface area (TPSA) is 38.0 Å². The second kappa shape index (κ2) is 4.98. The maximum Gasteiger partial charge on any atom is 0.122 e. The third-order valence-electron chi connectivity index (χ3n) is 2.46. The summed E-state index contributed by atoms with van der Waals surface area (Å²) in [6.45, 7) is 0. The number of benzene rings is 1. The summed E-state index contributed by atoms with van der Waals surface area (Å²) < 4.78 is 2.36. The van der Waals surface area contributed by atoms with Crippen LogP contribution in [0.2, 0.25) is 10.0 Å². The van der Waals surface area contributed by atoms with Crippen LogP contribution >= 0.6 is 39.1 Å². The predicted octanol–water partition coefficient (Wildman–Crippen LogP) is 3.57. The van der Waals surface area contributed by atoms with Crippen molar-refractivity contribution in [1.82, 2.24) is 9.78 Å². The van der Waals surface area contributed by atoms with Crippen LogP contribution in [0.25, 0.3) is 0 Å². The molecule has 1 N–H and O–H groups in total. The van der Waals surface area contributed by atoms with Crippen LogP contribution in [-0.4, -0.2) is 14.9 Å². The molecule has 1 aromatic carbocycles. The van der Waals surface area contributed by atoms with Gasteiger partial charge in [0, 0.05) is 7.05 Å². The van der Waals surface area contributed by atoms with Crippen molar-refractivity contribution in [2.24, 2.45) is 7.05 Å². The quantitative estimate of drug-likeness (QED) is 0.911. The zero-order valence-electron chi connectivity index (χ0n) is 8.86. The van der Waals surface area contributed by atoms with Gasteiger partial charge in [0.1, 0.15) is 6.10 Å². The van der Waals surface area contributed by atoms with Crippen LogP contribution in [0, 0.1) is 0 Å². The minimum absolute atomic E-state index is 0.418. The van der Waals surface area contributed by atoms with Crippen LogP contribution in [-0.2, 0) is 7.05 Å². The molecule has 2 aromatic rings. The molecule has 1 atom stereocenters. The Bertz CT molecular complexity index is 537. The number of aromatic nitrogens is 2. The lowest BCUT2D eigenvalue weighted by molar-refractivity contribution is 0.209. The Hall–Kier alpha value is -0.550. The Morgan fingerprint density at radius 1 is 1.35 bits per heavy atom. The molecule has 0 aliphatic rings. The largest absolute Gasteiger partial charge is 0.382 e. The molecule has 0 saturated heterocycles. The predicted molar refractivity (Wildman–Crippen MR) is 71.4 cm³/mol. The molecule has 1 aromatic heterocycles. The van der Waals surface area contributed by atoms with Crippen molar-refractivity contribution < 1.29 is 5.11 Å². The lowest BCUT2D eigenvalue weighted by Crippen LogP contribution is -2.07. The van der Waals surface area contributed by atoms with Crippen LogP contribution < -0.4 is 0 Å². The van der Waals surface area contributed by atoms with E-state index in [1.807, 2.05) is 0 Å². The number of hydrogen-bond donors (Lipinski definition) is 1. The van der Waals surface area contributed by atoms with Gasteiger partial charge in [0.2, 0.25) is 0 Å². The number of nitrogens with zero attached hydrogens (tertiary/aromatic N) is 2. The molecular weight excluding hydrogens is 327 g/mol. The van der Waals surface area contributed by atoms with Crippen LogP contribution in [0.5, 0.6) is 0 Å². The average Bonchev–Trinajstić information content (AvgIpc) is 2.62. The summed E-state index contributed by atoms with van der Waals surface area (Å²) in [4.78, 5) is 0. The Morgan fingerprint density at radius 3 is 2.59 bits per heavy atom. The Balaban J connectivity index is 2.43. The molecule has 0 bridgehead atoms. The van der Waals surface area contributed by atoms with Gasteiger partial charge in [0.05, 0.1) is 26.4 Å².